The molecule has 28 heavy (non-hydrogen) atoms. The molecule has 2 aromatic rings. The first-order valence-electron chi connectivity index (χ1n) is 8.87. The predicted molar refractivity (Wildman–Crippen MR) is 103 cm³/mol. The van der Waals surface area contributed by atoms with Crippen LogP contribution >= 0.6 is 23.2 Å². The van der Waals surface area contributed by atoms with Crippen LogP contribution in [-0.2, 0) is 17.6 Å². The SMILES string of the molecule is FC(F)(F)c1ccc(CO/N=C(\c2ccc(Cl)c(Cl)c2)C2C3CNCC32)cc1. The molecular weight excluding hydrogens is 412 g/mol. The average molecular weight is 429 g/mol. The highest BCUT2D eigenvalue weighted by atomic mass is 35.5. The normalized spacial score (nSPS) is 24.2. The first kappa shape index (κ1) is 19.6. The number of piperidine rings is 1. The molecule has 3 nitrogen and oxygen atoms in total. The molecule has 148 valence electrons. The summed E-state index contributed by atoms with van der Waals surface area (Å²) in [6, 6.07) is 10.2. The van der Waals surface area contributed by atoms with E-state index >= 15 is 0 Å². The Balaban J connectivity index is 1.50. The zero-order valence-corrected chi connectivity index (χ0v) is 16.2. The van der Waals surface area contributed by atoms with Gasteiger partial charge in [-0.1, -0.05) is 46.6 Å². The number of oxime groups is 1. The highest BCUT2D eigenvalue weighted by Gasteiger charge is 2.55. The third-order valence-corrected chi connectivity index (χ3v) is 6.04. The van der Waals surface area contributed by atoms with E-state index in [9.17, 15) is 13.2 Å². The molecule has 0 amide bonds. The van der Waals surface area contributed by atoms with Crippen molar-refractivity contribution in [3.05, 3.63) is 69.2 Å². The lowest BCUT2D eigenvalue weighted by Gasteiger charge is -2.11. The van der Waals surface area contributed by atoms with Crippen LogP contribution in [0.25, 0.3) is 0 Å². The Labute approximate surface area is 170 Å². The quantitative estimate of drug-likeness (QED) is 0.510. The molecule has 1 aliphatic heterocycles. The highest BCUT2D eigenvalue weighted by molar-refractivity contribution is 6.42. The van der Waals surface area contributed by atoms with Gasteiger partial charge >= 0.3 is 6.18 Å². The van der Waals surface area contributed by atoms with E-state index in [0.717, 1.165) is 36.5 Å². The van der Waals surface area contributed by atoms with E-state index in [0.29, 0.717) is 27.4 Å². The molecule has 0 spiro atoms. The molecule has 2 atom stereocenters. The fourth-order valence-corrected chi connectivity index (χ4v) is 4.05. The first-order valence-corrected chi connectivity index (χ1v) is 9.62. The van der Waals surface area contributed by atoms with Crippen molar-refractivity contribution in [3.8, 4) is 0 Å². The molecule has 1 heterocycles. The van der Waals surface area contributed by atoms with E-state index in [1.54, 1.807) is 12.1 Å². The maximum absolute atomic E-state index is 12.7. The fourth-order valence-electron chi connectivity index (χ4n) is 3.75. The Kier molecular flexibility index (Phi) is 5.29. The van der Waals surface area contributed by atoms with E-state index in [4.69, 9.17) is 28.0 Å². The van der Waals surface area contributed by atoms with Gasteiger partial charge in [0.1, 0.15) is 6.61 Å². The van der Waals surface area contributed by atoms with Crippen LogP contribution in [0.2, 0.25) is 10.0 Å². The fraction of sp³-hybridized carbons (Fsp3) is 0.350. The molecule has 2 aromatic carbocycles. The second kappa shape index (κ2) is 7.58. The molecule has 1 saturated carbocycles. The minimum absolute atomic E-state index is 0.0866. The molecule has 2 aliphatic rings. The summed E-state index contributed by atoms with van der Waals surface area (Å²) < 4.78 is 38.0. The van der Waals surface area contributed by atoms with Crippen molar-refractivity contribution in [2.75, 3.05) is 13.1 Å². The van der Waals surface area contributed by atoms with Gasteiger partial charge in [-0.05, 0) is 54.8 Å². The summed E-state index contributed by atoms with van der Waals surface area (Å²) in [6.07, 6.45) is -4.35. The molecule has 0 aromatic heterocycles. The minimum atomic E-state index is -4.35. The van der Waals surface area contributed by atoms with Gasteiger partial charge in [-0.2, -0.15) is 13.2 Å². The highest BCUT2D eigenvalue weighted by Crippen LogP contribution is 2.50. The number of alkyl halides is 3. The molecule has 2 fully saturated rings. The molecule has 0 bridgehead atoms. The Bertz CT molecular complexity index is 889. The summed E-state index contributed by atoms with van der Waals surface area (Å²) in [6.45, 7) is 1.96. The van der Waals surface area contributed by atoms with Crippen LogP contribution in [0, 0.1) is 17.8 Å². The molecule has 8 heteroatoms. The molecule has 1 aliphatic carbocycles. The van der Waals surface area contributed by atoms with Crippen molar-refractivity contribution in [1.29, 1.82) is 0 Å². The number of nitrogens with one attached hydrogen (secondary N) is 1. The minimum Gasteiger partial charge on any atom is -0.391 e. The summed E-state index contributed by atoms with van der Waals surface area (Å²) >= 11 is 12.2. The van der Waals surface area contributed by atoms with Crippen molar-refractivity contribution in [3.63, 3.8) is 0 Å². The van der Waals surface area contributed by atoms with Crippen LogP contribution in [0.3, 0.4) is 0 Å². The topological polar surface area (TPSA) is 33.6 Å². The smallest absolute Gasteiger partial charge is 0.391 e. The summed E-state index contributed by atoms with van der Waals surface area (Å²) in [5.41, 5.74) is 1.58. The summed E-state index contributed by atoms with van der Waals surface area (Å²) in [5, 5.41) is 8.59. The van der Waals surface area contributed by atoms with E-state index in [1.807, 2.05) is 6.07 Å². The van der Waals surface area contributed by atoms with Gasteiger partial charge in [0.2, 0.25) is 0 Å². The van der Waals surface area contributed by atoms with E-state index in [-0.39, 0.29) is 12.5 Å². The number of hydrogen-bond donors (Lipinski definition) is 1. The molecular formula is C20H17Cl2F3N2O. The van der Waals surface area contributed by atoms with Gasteiger partial charge in [0.25, 0.3) is 0 Å². The Morgan fingerprint density at radius 3 is 2.32 bits per heavy atom. The van der Waals surface area contributed by atoms with E-state index in [2.05, 4.69) is 10.5 Å². The largest absolute Gasteiger partial charge is 0.416 e. The molecule has 1 N–H and O–H groups in total. The van der Waals surface area contributed by atoms with Gasteiger partial charge in [0.05, 0.1) is 21.3 Å². The third-order valence-electron chi connectivity index (χ3n) is 5.30. The summed E-state index contributed by atoms with van der Waals surface area (Å²) in [7, 11) is 0. The molecule has 4 rings (SSSR count). The van der Waals surface area contributed by atoms with Crippen LogP contribution in [0.4, 0.5) is 13.2 Å². The lowest BCUT2D eigenvalue weighted by atomic mass is 10.0. The lowest BCUT2D eigenvalue weighted by molar-refractivity contribution is -0.137. The predicted octanol–water partition coefficient (Wildman–Crippen LogP) is 5.40. The van der Waals surface area contributed by atoms with Gasteiger partial charge in [0, 0.05) is 11.5 Å². The number of rotatable bonds is 5. The number of nitrogens with zero attached hydrogens (tertiary/aromatic N) is 1. The van der Waals surface area contributed by atoms with Crippen molar-refractivity contribution >= 4 is 28.9 Å². The number of fused-ring (bicyclic) bond motifs is 1. The van der Waals surface area contributed by atoms with E-state index in [1.165, 1.54) is 12.1 Å². The summed E-state index contributed by atoms with van der Waals surface area (Å²) in [4.78, 5) is 5.51. The van der Waals surface area contributed by atoms with Gasteiger partial charge in [-0.25, -0.2) is 0 Å². The Morgan fingerprint density at radius 1 is 1.04 bits per heavy atom. The van der Waals surface area contributed by atoms with Crippen molar-refractivity contribution in [2.45, 2.75) is 12.8 Å². The van der Waals surface area contributed by atoms with Crippen LogP contribution in [0.15, 0.2) is 47.6 Å². The Morgan fingerprint density at radius 2 is 1.71 bits per heavy atom. The van der Waals surface area contributed by atoms with Crippen molar-refractivity contribution in [2.24, 2.45) is 22.9 Å². The standard InChI is InChI=1S/C20H17Cl2F3N2O/c21-16-6-3-12(7-17(16)22)19(18-14-8-26-9-15(14)18)27-28-10-11-1-4-13(5-2-11)20(23,24)25/h1-7,14-15,18,26H,8-10H2/b27-19+. The van der Waals surface area contributed by atoms with Crippen LogP contribution < -0.4 is 5.32 Å². The zero-order chi connectivity index (χ0) is 19.9. The number of halogens is 5. The van der Waals surface area contributed by atoms with Crippen LogP contribution in [0.5, 0.6) is 0 Å². The molecule has 1 saturated heterocycles. The second-order valence-corrected chi connectivity index (χ2v) is 7.90. The van der Waals surface area contributed by atoms with Crippen molar-refractivity contribution in [1.82, 2.24) is 5.32 Å². The summed E-state index contributed by atoms with van der Waals surface area (Å²) in [5.74, 6) is 1.32. The van der Waals surface area contributed by atoms with Crippen LogP contribution in [-0.4, -0.2) is 18.8 Å². The van der Waals surface area contributed by atoms with Crippen LogP contribution in [0.1, 0.15) is 16.7 Å². The van der Waals surface area contributed by atoms with Gasteiger partial charge in [-0.15, -0.1) is 0 Å². The maximum atomic E-state index is 12.7. The first-order chi connectivity index (χ1) is 13.3. The monoisotopic (exact) mass is 428 g/mol. The Hall–Kier alpha value is -1.76. The number of hydrogen-bond acceptors (Lipinski definition) is 3. The van der Waals surface area contributed by atoms with Crippen molar-refractivity contribution < 1.29 is 18.0 Å². The average Bonchev–Trinajstić information content (AvgIpc) is 3.10. The zero-order valence-electron chi connectivity index (χ0n) is 14.6. The van der Waals surface area contributed by atoms with Gasteiger partial charge < -0.3 is 10.2 Å². The molecule has 0 radical (unpaired) electrons. The lowest BCUT2D eigenvalue weighted by Crippen LogP contribution is -2.20. The van der Waals surface area contributed by atoms with Gasteiger partial charge in [-0.3, -0.25) is 0 Å². The third kappa shape index (κ3) is 4.00. The number of benzene rings is 2. The van der Waals surface area contributed by atoms with E-state index < -0.39 is 11.7 Å². The van der Waals surface area contributed by atoms with Gasteiger partial charge in [0.15, 0.2) is 0 Å². The second-order valence-electron chi connectivity index (χ2n) is 7.09. The maximum Gasteiger partial charge on any atom is 0.416 e. The molecule has 2 unspecified atom stereocenters.